The lowest BCUT2D eigenvalue weighted by atomic mass is 10.0. The van der Waals surface area contributed by atoms with E-state index in [0.29, 0.717) is 6.42 Å². The molecule has 0 saturated carbocycles. The summed E-state index contributed by atoms with van der Waals surface area (Å²) < 4.78 is 5.32. The minimum atomic E-state index is -0.895. The van der Waals surface area contributed by atoms with Gasteiger partial charge in [0.2, 0.25) is 0 Å². The van der Waals surface area contributed by atoms with Crippen LogP contribution in [0.4, 0.5) is 4.79 Å². The average Bonchev–Trinajstić information content (AvgIpc) is 3.04. The first-order chi connectivity index (χ1) is 11.8. The zero-order valence-corrected chi connectivity index (χ0v) is 15.3. The molecule has 1 aliphatic rings. The van der Waals surface area contributed by atoms with Crippen molar-refractivity contribution in [2.75, 3.05) is 13.1 Å². The van der Waals surface area contributed by atoms with E-state index in [-0.39, 0.29) is 0 Å². The van der Waals surface area contributed by atoms with Crippen molar-refractivity contribution in [1.29, 1.82) is 0 Å². The highest BCUT2D eigenvalue weighted by Gasteiger charge is 2.24. The first-order valence-corrected chi connectivity index (χ1v) is 8.84. The summed E-state index contributed by atoms with van der Waals surface area (Å²) in [5.41, 5.74) is 0.438. The molecule has 6 heteroatoms. The van der Waals surface area contributed by atoms with E-state index in [9.17, 15) is 9.90 Å². The number of carbonyl (C=O) groups is 1. The van der Waals surface area contributed by atoms with Crippen molar-refractivity contribution in [1.82, 2.24) is 10.3 Å². The van der Waals surface area contributed by atoms with Gasteiger partial charge in [-0.15, -0.1) is 0 Å². The van der Waals surface area contributed by atoms with Crippen molar-refractivity contribution in [2.24, 2.45) is 5.10 Å². The molecule has 25 heavy (non-hydrogen) atoms. The van der Waals surface area contributed by atoms with Crippen molar-refractivity contribution >= 4 is 12.3 Å². The van der Waals surface area contributed by atoms with Crippen LogP contribution in [0.25, 0.3) is 0 Å². The molecule has 2 rings (SSSR count). The maximum atomic E-state index is 12.1. The van der Waals surface area contributed by atoms with Crippen LogP contribution in [0.3, 0.4) is 0 Å². The van der Waals surface area contributed by atoms with Crippen LogP contribution in [-0.2, 0) is 11.2 Å². The van der Waals surface area contributed by atoms with Gasteiger partial charge in [-0.3, -0.25) is 5.01 Å². The first kappa shape index (κ1) is 19.2. The highest BCUT2D eigenvalue weighted by atomic mass is 16.6. The molecule has 0 aliphatic carbocycles. The van der Waals surface area contributed by atoms with E-state index < -0.39 is 23.8 Å². The standard InChI is InChI=1S/C19H29N3O3/c1-19(2,3)25-18(24)21-16(13-15-9-5-4-6-10-15)17(23)14-20-22-11-7-8-12-22/h4-6,9-10,14,16-17,23H,7-8,11-13H2,1-3H3,(H,21,24)/b20-14+/t16-,17+/m0/s1. The van der Waals surface area contributed by atoms with Gasteiger partial charge in [0.1, 0.15) is 11.7 Å². The molecular weight excluding hydrogens is 318 g/mol. The zero-order valence-electron chi connectivity index (χ0n) is 15.3. The zero-order chi connectivity index (χ0) is 18.3. The van der Waals surface area contributed by atoms with Crippen molar-refractivity contribution < 1.29 is 14.6 Å². The molecule has 0 aromatic heterocycles. The molecule has 138 valence electrons. The molecule has 1 saturated heterocycles. The predicted molar refractivity (Wildman–Crippen MR) is 98.6 cm³/mol. The van der Waals surface area contributed by atoms with Gasteiger partial charge < -0.3 is 15.2 Å². The fraction of sp³-hybridized carbons (Fsp3) is 0.579. The van der Waals surface area contributed by atoms with Crippen molar-refractivity contribution in [3.05, 3.63) is 35.9 Å². The molecule has 0 spiro atoms. The van der Waals surface area contributed by atoms with E-state index in [1.165, 1.54) is 6.21 Å². The van der Waals surface area contributed by atoms with Crippen LogP contribution in [0.5, 0.6) is 0 Å². The van der Waals surface area contributed by atoms with Crippen LogP contribution < -0.4 is 5.32 Å². The Hall–Kier alpha value is -2.08. The monoisotopic (exact) mass is 347 g/mol. The van der Waals surface area contributed by atoms with Crippen LogP contribution >= 0.6 is 0 Å². The number of hydrogen-bond donors (Lipinski definition) is 2. The number of nitrogens with zero attached hydrogens (tertiary/aromatic N) is 2. The fourth-order valence-electron chi connectivity index (χ4n) is 2.67. The average molecular weight is 347 g/mol. The molecule has 0 radical (unpaired) electrons. The summed E-state index contributed by atoms with van der Waals surface area (Å²) in [6.45, 7) is 7.25. The number of benzene rings is 1. The summed E-state index contributed by atoms with van der Waals surface area (Å²) in [6, 6.07) is 9.23. The van der Waals surface area contributed by atoms with Crippen molar-refractivity contribution in [2.45, 2.75) is 57.8 Å². The van der Waals surface area contributed by atoms with Gasteiger partial charge in [0, 0.05) is 13.1 Å². The van der Waals surface area contributed by atoms with E-state index in [4.69, 9.17) is 4.74 Å². The molecule has 1 fully saturated rings. The van der Waals surface area contributed by atoms with Crippen LogP contribution in [0.1, 0.15) is 39.2 Å². The van der Waals surface area contributed by atoms with Gasteiger partial charge in [0.15, 0.2) is 0 Å². The van der Waals surface area contributed by atoms with E-state index >= 15 is 0 Å². The quantitative estimate of drug-likeness (QED) is 0.776. The van der Waals surface area contributed by atoms with Gasteiger partial charge >= 0.3 is 6.09 Å². The Kier molecular flexibility index (Phi) is 6.82. The minimum Gasteiger partial charge on any atom is -0.444 e. The normalized spacial score (nSPS) is 17.5. The second-order valence-corrected chi connectivity index (χ2v) is 7.36. The molecule has 1 heterocycles. The Morgan fingerprint density at radius 3 is 2.56 bits per heavy atom. The van der Waals surface area contributed by atoms with E-state index in [2.05, 4.69) is 10.4 Å². The number of aliphatic hydroxyl groups excluding tert-OH is 1. The topological polar surface area (TPSA) is 74.2 Å². The van der Waals surface area contributed by atoms with Crippen LogP contribution in [-0.4, -0.2) is 53.3 Å². The third kappa shape index (κ3) is 7.13. The van der Waals surface area contributed by atoms with Crippen molar-refractivity contribution in [3.63, 3.8) is 0 Å². The number of rotatable bonds is 6. The Bertz CT molecular complexity index is 563. The van der Waals surface area contributed by atoms with E-state index in [1.807, 2.05) is 56.1 Å². The van der Waals surface area contributed by atoms with Gasteiger partial charge in [-0.05, 0) is 45.6 Å². The Morgan fingerprint density at radius 2 is 1.96 bits per heavy atom. The molecular formula is C19H29N3O3. The number of nitrogens with one attached hydrogen (secondary N) is 1. The van der Waals surface area contributed by atoms with Gasteiger partial charge in [-0.1, -0.05) is 30.3 Å². The summed E-state index contributed by atoms with van der Waals surface area (Å²) in [6.07, 6.45) is 2.81. The number of carbonyl (C=O) groups excluding carboxylic acids is 1. The molecule has 1 aromatic carbocycles. The smallest absolute Gasteiger partial charge is 0.407 e. The fourth-order valence-corrected chi connectivity index (χ4v) is 2.67. The number of hydrazone groups is 1. The summed E-state index contributed by atoms with van der Waals surface area (Å²) >= 11 is 0. The Labute approximate surface area is 149 Å². The summed E-state index contributed by atoms with van der Waals surface area (Å²) in [4.78, 5) is 12.1. The summed E-state index contributed by atoms with van der Waals surface area (Å²) in [5, 5.41) is 19.6. The molecule has 1 aliphatic heterocycles. The maximum Gasteiger partial charge on any atom is 0.407 e. The number of hydrogen-bond acceptors (Lipinski definition) is 5. The van der Waals surface area contributed by atoms with Gasteiger partial charge in [0.05, 0.1) is 12.3 Å². The molecule has 2 atom stereocenters. The highest BCUT2D eigenvalue weighted by molar-refractivity contribution is 5.70. The van der Waals surface area contributed by atoms with Crippen LogP contribution in [0, 0.1) is 0 Å². The Balaban J connectivity index is 2.03. The second kappa shape index (κ2) is 8.85. The van der Waals surface area contributed by atoms with Gasteiger partial charge in [-0.2, -0.15) is 5.10 Å². The number of ether oxygens (including phenoxy) is 1. The summed E-state index contributed by atoms with van der Waals surface area (Å²) in [7, 11) is 0. The van der Waals surface area contributed by atoms with E-state index in [1.54, 1.807) is 0 Å². The lowest BCUT2D eigenvalue weighted by Crippen LogP contribution is -2.47. The first-order valence-electron chi connectivity index (χ1n) is 8.84. The molecule has 0 unspecified atom stereocenters. The lowest BCUT2D eigenvalue weighted by Gasteiger charge is -2.25. The van der Waals surface area contributed by atoms with Gasteiger partial charge in [0.25, 0.3) is 0 Å². The predicted octanol–water partition coefficient (Wildman–Crippen LogP) is 2.56. The third-order valence-corrected chi connectivity index (χ3v) is 3.88. The SMILES string of the molecule is CC(C)(C)OC(=O)N[C@@H](Cc1ccccc1)[C@H](O)/C=N/N1CCCC1. The van der Waals surface area contributed by atoms with Crippen LogP contribution in [0.15, 0.2) is 35.4 Å². The number of alkyl carbamates (subject to hydrolysis) is 1. The van der Waals surface area contributed by atoms with Crippen molar-refractivity contribution in [3.8, 4) is 0 Å². The summed E-state index contributed by atoms with van der Waals surface area (Å²) in [5.74, 6) is 0. The third-order valence-electron chi connectivity index (χ3n) is 3.88. The number of aliphatic hydroxyl groups is 1. The maximum absolute atomic E-state index is 12.1. The van der Waals surface area contributed by atoms with E-state index in [0.717, 1.165) is 31.5 Å². The lowest BCUT2D eigenvalue weighted by molar-refractivity contribution is 0.0465. The molecule has 0 bridgehead atoms. The molecule has 6 nitrogen and oxygen atoms in total. The van der Waals surface area contributed by atoms with Crippen LogP contribution in [0.2, 0.25) is 0 Å². The molecule has 1 amide bonds. The van der Waals surface area contributed by atoms with Gasteiger partial charge in [-0.25, -0.2) is 4.79 Å². The largest absolute Gasteiger partial charge is 0.444 e. The number of amides is 1. The molecule has 1 aromatic rings. The second-order valence-electron chi connectivity index (χ2n) is 7.36. The highest BCUT2D eigenvalue weighted by Crippen LogP contribution is 2.11. The Morgan fingerprint density at radius 1 is 1.32 bits per heavy atom. The minimum absolute atomic E-state index is 0.493. The molecule has 2 N–H and O–H groups in total.